The van der Waals surface area contributed by atoms with Crippen LogP contribution in [0.2, 0.25) is 0 Å². The van der Waals surface area contributed by atoms with Crippen LogP contribution in [-0.2, 0) is 0 Å². The van der Waals surface area contributed by atoms with Crippen LogP contribution in [0.5, 0.6) is 0 Å². The third-order valence-electron chi connectivity index (χ3n) is 3.48. The molecule has 2 aliphatic rings. The molecule has 0 spiro atoms. The summed E-state index contributed by atoms with van der Waals surface area (Å²) in [6.45, 7) is 5.99. The molecule has 0 radical (unpaired) electrons. The maximum absolute atomic E-state index is 2.68. The zero-order valence-corrected chi connectivity index (χ0v) is 8.92. The molecule has 1 heteroatoms. The highest BCUT2D eigenvalue weighted by Gasteiger charge is 2.30. The van der Waals surface area contributed by atoms with Crippen molar-refractivity contribution < 1.29 is 0 Å². The zero-order chi connectivity index (χ0) is 9.26. The van der Waals surface area contributed by atoms with Gasteiger partial charge >= 0.3 is 0 Å². The Morgan fingerprint density at radius 2 is 2.38 bits per heavy atom. The Balaban J connectivity index is 2.14. The molecule has 2 rings (SSSR count). The summed E-state index contributed by atoms with van der Waals surface area (Å²) in [7, 11) is 0. The minimum atomic E-state index is 0.878. The standard InChI is InChI=1S/C12H21N/c1-3-11-6-4-5-7-12-8-10(2)9-13(11)12/h6,10,12H,3-5,7-9H2,1-2H3. The summed E-state index contributed by atoms with van der Waals surface area (Å²) in [5.41, 5.74) is 1.62. The van der Waals surface area contributed by atoms with Gasteiger partial charge in [0.15, 0.2) is 0 Å². The number of rotatable bonds is 1. The molecule has 1 saturated heterocycles. The molecule has 74 valence electrons. The number of fused-ring (bicyclic) bond motifs is 1. The van der Waals surface area contributed by atoms with Crippen molar-refractivity contribution in [2.24, 2.45) is 5.92 Å². The molecule has 0 N–H and O–H groups in total. The smallest absolute Gasteiger partial charge is 0.0290 e. The van der Waals surface area contributed by atoms with Gasteiger partial charge in [0, 0.05) is 18.3 Å². The van der Waals surface area contributed by atoms with Crippen molar-refractivity contribution in [2.75, 3.05) is 6.54 Å². The van der Waals surface area contributed by atoms with Crippen molar-refractivity contribution in [1.29, 1.82) is 0 Å². The molecule has 0 saturated carbocycles. The van der Waals surface area contributed by atoms with Crippen molar-refractivity contribution in [2.45, 2.75) is 52.0 Å². The molecule has 0 aromatic rings. The van der Waals surface area contributed by atoms with Gasteiger partial charge in [0.2, 0.25) is 0 Å². The van der Waals surface area contributed by atoms with Gasteiger partial charge in [-0.3, -0.25) is 0 Å². The first-order valence-electron chi connectivity index (χ1n) is 5.77. The molecule has 2 unspecified atom stereocenters. The predicted molar refractivity (Wildman–Crippen MR) is 56.5 cm³/mol. The summed E-state index contributed by atoms with van der Waals surface area (Å²) in [4.78, 5) is 2.68. The second-order valence-corrected chi connectivity index (χ2v) is 4.63. The molecule has 2 aliphatic heterocycles. The summed E-state index contributed by atoms with van der Waals surface area (Å²) in [5.74, 6) is 0.915. The van der Waals surface area contributed by atoms with Gasteiger partial charge in [-0.15, -0.1) is 0 Å². The molecule has 0 aromatic heterocycles. The first-order chi connectivity index (χ1) is 6.31. The maximum Gasteiger partial charge on any atom is 0.0290 e. The van der Waals surface area contributed by atoms with Crippen LogP contribution in [0.25, 0.3) is 0 Å². The van der Waals surface area contributed by atoms with E-state index in [1.807, 2.05) is 0 Å². The monoisotopic (exact) mass is 179 g/mol. The number of hydrogen-bond donors (Lipinski definition) is 0. The molecule has 2 atom stereocenters. The Hall–Kier alpha value is -0.460. The lowest BCUT2D eigenvalue weighted by Crippen LogP contribution is -2.27. The lowest BCUT2D eigenvalue weighted by atomic mass is 10.0. The topological polar surface area (TPSA) is 3.24 Å². The van der Waals surface area contributed by atoms with E-state index in [1.54, 1.807) is 5.70 Å². The Morgan fingerprint density at radius 3 is 3.15 bits per heavy atom. The average molecular weight is 179 g/mol. The Labute approximate surface area is 81.8 Å². The first-order valence-corrected chi connectivity index (χ1v) is 5.77. The molecule has 0 aliphatic carbocycles. The fourth-order valence-electron chi connectivity index (χ4n) is 2.86. The SMILES string of the molecule is CCC1=CCCCC2CC(C)CN12. The van der Waals surface area contributed by atoms with Crippen LogP contribution in [-0.4, -0.2) is 17.5 Å². The van der Waals surface area contributed by atoms with E-state index in [2.05, 4.69) is 24.8 Å². The third-order valence-corrected chi connectivity index (χ3v) is 3.48. The fraction of sp³-hybridized carbons (Fsp3) is 0.833. The van der Waals surface area contributed by atoms with Crippen molar-refractivity contribution >= 4 is 0 Å². The van der Waals surface area contributed by atoms with E-state index in [0.717, 1.165) is 12.0 Å². The van der Waals surface area contributed by atoms with Crippen LogP contribution in [0.4, 0.5) is 0 Å². The molecule has 13 heavy (non-hydrogen) atoms. The molecule has 0 aromatic carbocycles. The molecule has 1 fully saturated rings. The molecule has 0 bridgehead atoms. The summed E-state index contributed by atoms with van der Waals surface area (Å²) in [5, 5.41) is 0. The zero-order valence-electron chi connectivity index (χ0n) is 8.92. The van der Waals surface area contributed by atoms with Crippen LogP contribution in [0, 0.1) is 5.92 Å². The van der Waals surface area contributed by atoms with Crippen molar-refractivity contribution in [1.82, 2.24) is 4.90 Å². The minimum Gasteiger partial charge on any atom is -0.372 e. The second-order valence-electron chi connectivity index (χ2n) is 4.63. The normalized spacial score (nSPS) is 34.0. The highest BCUT2D eigenvalue weighted by molar-refractivity contribution is 5.07. The van der Waals surface area contributed by atoms with Crippen molar-refractivity contribution in [3.63, 3.8) is 0 Å². The Kier molecular flexibility index (Phi) is 2.61. The summed E-state index contributed by atoms with van der Waals surface area (Å²) in [6.07, 6.45) is 9.25. The largest absolute Gasteiger partial charge is 0.372 e. The Bertz CT molecular complexity index is 207. The van der Waals surface area contributed by atoms with E-state index < -0.39 is 0 Å². The van der Waals surface area contributed by atoms with E-state index in [4.69, 9.17) is 0 Å². The van der Waals surface area contributed by atoms with E-state index >= 15 is 0 Å². The molecule has 0 amide bonds. The molecule has 1 nitrogen and oxygen atoms in total. The van der Waals surface area contributed by atoms with E-state index in [0.29, 0.717) is 0 Å². The highest BCUT2D eigenvalue weighted by Crippen LogP contribution is 2.33. The summed E-state index contributed by atoms with van der Waals surface area (Å²) < 4.78 is 0. The van der Waals surface area contributed by atoms with Crippen molar-refractivity contribution in [3.05, 3.63) is 11.8 Å². The van der Waals surface area contributed by atoms with Crippen LogP contribution in [0.1, 0.15) is 46.0 Å². The van der Waals surface area contributed by atoms with Gasteiger partial charge in [-0.25, -0.2) is 0 Å². The summed E-state index contributed by atoms with van der Waals surface area (Å²) >= 11 is 0. The Morgan fingerprint density at radius 1 is 1.54 bits per heavy atom. The van der Waals surface area contributed by atoms with Crippen LogP contribution in [0.3, 0.4) is 0 Å². The van der Waals surface area contributed by atoms with E-state index in [1.165, 1.54) is 38.6 Å². The van der Waals surface area contributed by atoms with Crippen molar-refractivity contribution in [3.8, 4) is 0 Å². The highest BCUT2D eigenvalue weighted by atomic mass is 15.2. The molecular weight excluding hydrogens is 158 g/mol. The van der Waals surface area contributed by atoms with Gasteiger partial charge in [0.25, 0.3) is 0 Å². The molecular formula is C12H21N. The second kappa shape index (κ2) is 3.73. The van der Waals surface area contributed by atoms with Crippen LogP contribution < -0.4 is 0 Å². The average Bonchev–Trinajstić information content (AvgIpc) is 2.37. The predicted octanol–water partition coefficient (Wildman–Crippen LogP) is 3.17. The van der Waals surface area contributed by atoms with Crippen LogP contribution in [0.15, 0.2) is 11.8 Å². The molecule has 2 heterocycles. The van der Waals surface area contributed by atoms with Gasteiger partial charge in [-0.2, -0.15) is 0 Å². The van der Waals surface area contributed by atoms with Gasteiger partial charge in [-0.05, 0) is 38.0 Å². The summed E-state index contributed by atoms with van der Waals surface area (Å²) in [6, 6.07) is 0.878. The number of nitrogens with zero attached hydrogens (tertiary/aromatic N) is 1. The third kappa shape index (κ3) is 1.74. The lowest BCUT2D eigenvalue weighted by Gasteiger charge is -2.27. The van der Waals surface area contributed by atoms with Gasteiger partial charge in [0.05, 0.1) is 0 Å². The number of allylic oxidation sites excluding steroid dienone is 2. The van der Waals surface area contributed by atoms with Gasteiger partial charge in [-0.1, -0.05) is 19.9 Å². The van der Waals surface area contributed by atoms with E-state index in [-0.39, 0.29) is 0 Å². The lowest BCUT2D eigenvalue weighted by molar-refractivity contribution is 0.301. The quantitative estimate of drug-likeness (QED) is 0.597. The van der Waals surface area contributed by atoms with E-state index in [9.17, 15) is 0 Å². The van der Waals surface area contributed by atoms with Crippen LogP contribution >= 0.6 is 0 Å². The maximum atomic E-state index is 2.68. The minimum absolute atomic E-state index is 0.878. The number of hydrogen-bond acceptors (Lipinski definition) is 1. The van der Waals surface area contributed by atoms with Gasteiger partial charge < -0.3 is 4.90 Å². The fourth-order valence-corrected chi connectivity index (χ4v) is 2.86. The first kappa shape index (κ1) is 9.11. The van der Waals surface area contributed by atoms with Gasteiger partial charge in [0.1, 0.15) is 0 Å².